The number of nitrogens with one attached hydrogen (secondary N) is 1. The third-order valence-corrected chi connectivity index (χ3v) is 4.48. The number of rotatable bonds is 4. The highest BCUT2D eigenvalue weighted by molar-refractivity contribution is 5.81. The molecule has 0 spiro atoms. The van der Waals surface area contributed by atoms with Gasteiger partial charge in [0.1, 0.15) is 0 Å². The van der Waals surface area contributed by atoms with Crippen LogP contribution in [-0.2, 0) is 11.2 Å². The van der Waals surface area contributed by atoms with Gasteiger partial charge in [-0.3, -0.25) is 4.79 Å². The molecular formula is C17H26N2O. The minimum Gasteiger partial charge on any atom is -0.382 e. The molecule has 3 unspecified atom stereocenters. The summed E-state index contributed by atoms with van der Waals surface area (Å²) < 4.78 is 0. The summed E-state index contributed by atoms with van der Waals surface area (Å²) in [5, 5.41) is 3.47. The van der Waals surface area contributed by atoms with Crippen molar-refractivity contribution in [1.82, 2.24) is 4.90 Å². The van der Waals surface area contributed by atoms with E-state index in [2.05, 4.69) is 38.2 Å². The lowest BCUT2D eigenvalue weighted by Gasteiger charge is -2.36. The van der Waals surface area contributed by atoms with Crippen molar-refractivity contribution in [2.45, 2.75) is 52.1 Å². The van der Waals surface area contributed by atoms with E-state index in [1.807, 2.05) is 24.1 Å². The molecule has 20 heavy (non-hydrogen) atoms. The number of anilines is 1. The SMILES string of the molecule is CCCC(C)N(C)C(=O)C1Cc2ccccc2NC1C. The Bertz CT molecular complexity index is 472. The summed E-state index contributed by atoms with van der Waals surface area (Å²) >= 11 is 0. The van der Waals surface area contributed by atoms with Crippen molar-refractivity contribution >= 4 is 11.6 Å². The zero-order chi connectivity index (χ0) is 14.7. The average molecular weight is 274 g/mol. The summed E-state index contributed by atoms with van der Waals surface area (Å²) in [6.45, 7) is 6.41. The summed E-state index contributed by atoms with van der Waals surface area (Å²) in [5.41, 5.74) is 2.42. The van der Waals surface area contributed by atoms with Crippen LogP contribution in [0.25, 0.3) is 0 Å². The number of carbonyl (C=O) groups excluding carboxylic acids is 1. The van der Waals surface area contributed by atoms with E-state index in [0.717, 1.165) is 19.3 Å². The zero-order valence-electron chi connectivity index (χ0n) is 13.0. The predicted octanol–water partition coefficient (Wildman–Crippen LogP) is 3.31. The minimum absolute atomic E-state index is 0.0363. The second-order valence-electron chi connectivity index (χ2n) is 5.99. The van der Waals surface area contributed by atoms with Crippen molar-refractivity contribution in [2.75, 3.05) is 12.4 Å². The Kier molecular flexibility index (Phi) is 4.69. The molecular weight excluding hydrogens is 248 g/mol. The van der Waals surface area contributed by atoms with Gasteiger partial charge in [0.05, 0.1) is 5.92 Å². The van der Waals surface area contributed by atoms with Gasteiger partial charge in [-0.1, -0.05) is 31.5 Å². The number of hydrogen-bond donors (Lipinski definition) is 1. The third-order valence-electron chi connectivity index (χ3n) is 4.48. The van der Waals surface area contributed by atoms with Crippen molar-refractivity contribution in [3.63, 3.8) is 0 Å². The molecule has 1 aliphatic heterocycles. The first-order chi connectivity index (χ1) is 9.54. The number of fused-ring (bicyclic) bond motifs is 1. The quantitative estimate of drug-likeness (QED) is 0.913. The van der Waals surface area contributed by atoms with Crippen LogP contribution in [0.1, 0.15) is 39.2 Å². The Labute approximate surface area is 122 Å². The molecule has 3 nitrogen and oxygen atoms in total. The molecule has 1 aromatic carbocycles. The van der Waals surface area contributed by atoms with E-state index < -0.39 is 0 Å². The van der Waals surface area contributed by atoms with Crippen molar-refractivity contribution in [3.8, 4) is 0 Å². The fourth-order valence-electron chi connectivity index (χ4n) is 2.99. The molecule has 0 saturated heterocycles. The molecule has 3 heteroatoms. The monoisotopic (exact) mass is 274 g/mol. The lowest BCUT2D eigenvalue weighted by Crippen LogP contribution is -2.46. The highest BCUT2D eigenvalue weighted by Crippen LogP contribution is 2.29. The van der Waals surface area contributed by atoms with Gasteiger partial charge in [-0.2, -0.15) is 0 Å². The molecule has 0 fully saturated rings. The van der Waals surface area contributed by atoms with Gasteiger partial charge >= 0.3 is 0 Å². The molecule has 1 heterocycles. The van der Waals surface area contributed by atoms with Crippen LogP contribution >= 0.6 is 0 Å². The molecule has 1 N–H and O–H groups in total. The molecule has 0 aliphatic carbocycles. The highest BCUT2D eigenvalue weighted by atomic mass is 16.2. The first kappa shape index (κ1) is 14.9. The van der Waals surface area contributed by atoms with Crippen molar-refractivity contribution < 1.29 is 4.79 Å². The first-order valence-electron chi connectivity index (χ1n) is 7.65. The lowest BCUT2D eigenvalue weighted by atomic mass is 9.86. The van der Waals surface area contributed by atoms with E-state index in [1.54, 1.807) is 0 Å². The molecule has 0 bridgehead atoms. The Balaban J connectivity index is 2.11. The summed E-state index contributed by atoms with van der Waals surface area (Å²) in [6.07, 6.45) is 3.01. The number of carbonyl (C=O) groups is 1. The Morgan fingerprint density at radius 3 is 2.85 bits per heavy atom. The van der Waals surface area contributed by atoms with Crippen LogP contribution in [0.2, 0.25) is 0 Å². The van der Waals surface area contributed by atoms with Gasteiger partial charge in [0.25, 0.3) is 0 Å². The van der Waals surface area contributed by atoms with Crippen molar-refractivity contribution in [2.24, 2.45) is 5.92 Å². The number of nitrogens with zero attached hydrogens (tertiary/aromatic N) is 1. The van der Waals surface area contributed by atoms with Crippen LogP contribution in [0.15, 0.2) is 24.3 Å². The van der Waals surface area contributed by atoms with Crippen molar-refractivity contribution in [3.05, 3.63) is 29.8 Å². The minimum atomic E-state index is 0.0363. The van der Waals surface area contributed by atoms with E-state index in [1.165, 1.54) is 11.3 Å². The molecule has 1 aliphatic rings. The van der Waals surface area contributed by atoms with Gasteiger partial charge in [0.15, 0.2) is 0 Å². The number of para-hydroxylation sites is 1. The number of benzene rings is 1. The Hall–Kier alpha value is -1.51. The van der Waals surface area contributed by atoms with Gasteiger partial charge < -0.3 is 10.2 Å². The van der Waals surface area contributed by atoms with E-state index in [0.29, 0.717) is 6.04 Å². The van der Waals surface area contributed by atoms with Gasteiger partial charge in [0, 0.05) is 24.8 Å². The highest BCUT2D eigenvalue weighted by Gasteiger charge is 2.33. The van der Waals surface area contributed by atoms with Crippen molar-refractivity contribution in [1.29, 1.82) is 0 Å². The maximum absolute atomic E-state index is 12.7. The smallest absolute Gasteiger partial charge is 0.228 e. The van der Waals surface area contributed by atoms with Crippen LogP contribution in [0, 0.1) is 5.92 Å². The molecule has 0 aromatic heterocycles. The zero-order valence-corrected chi connectivity index (χ0v) is 13.0. The van der Waals surface area contributed by atoms with E-state index in [-0.39, 0.29) is 17.9 Å². The van der Waals surface area contributed by atoms with Gasteiger partial charge in [-0.15, -0.1) is 0 Å². The lowest BCUT2D eigenvalue weighted by molar-refractivity contribution is -0.136. The van der Waals surface area contributed by atoms with Gasteiger partial charge in [0.2, 0.25) is 5.91 Å². The summed E-state index contributed by atoms with van der Waals surface area (Å²) in [5.74, 6) is 0.301. The molecule has 1 aromatic rings. The maximum Gasteiger partial charge on any atom is 0.228 e. The van der Waals surface area contributed by atoms with Crippen LogP contribution in [-0.4, -0.2) is 29.9 Å². The van der Waals surface area contributed by atoms with Gasteiger partial charge in [-0.05, 0) is 38.3 Å². The van der Waals surface area contributed by atoms with E-state index in [4.69, 9.17) is 0 Å². The largest absolute Gasteiger partial charge is 0.382 e. The molecule has 2 rings (SSSR count). The second kappa shape index (κ2) is 6.29. The predicted molar refractivity (Wildman–Crippen MR) is 83.9 cm³/mol. The summed E-state index contributed by atoms with van der Waals surface area (Å²) in [4.78, 5) is 14.7. The topological polar surface area (TPSA) is 32.3 Å². The van der Waals surface area contributed by atoms with E-state index >= 15 is 0 Å². The fraction of sp³-hybridized carbons (Fsp3) is 0.588. The number of amides is 1. The second-order valence-corrected chi connectivity index (χ2v) is 5.99. The average Bonchev–Trinajstić information content (AvgIpc) is 2.45. The fourth-order valence-corrected chi connectivity index (χ4v) is 2.99. The Morgan fingerprint density at radius 2 is 2.15 bits per heavy atom. The van der Waals surface area contributed by atoms with Crippen LogP contribution < -0.4 is 5.32 Å². The van der Waals surface area contributed by atoms with E-state index in [9.17, 15) is 4.79 Å². The molecule has 0 radical (unpaired) electrons. The Morgan fingerprint density at radius 1 is 1.45 bits per heavy atom. The van der Waals surface area contributed by atoms with Crippen LogP contribution in [0.5, 0.6) is 0 Å². The normalized spacial score (nSPS) is 22.6. The third kappa shape index (κ3) is 2.97. The first-order valence-corrected chi connectivity index (χ1v) is 7.65. The number of hydrogen-bond acceptors (Lipinski definition) is 2. The molecule has 110 valence electrons. The van der Waals surface area contributed by atoms with Gasteiger partial charge in [-0.25, -0.2) is 0 Å². The summed E-state index contributed by atoms with van der Waals surface area (Å²) in [7, 11) is 1.94. The van der Waals surface area contributed by atoms with Crippen LogP contribution in [0.4, 0.5) is 5.69 Å². The van der Waals surface area contributed by atoms with Crippen LogP contribution in [0.3, 0.4) is 0 Å². The standard InChI is InChI=1S/C17H26N2O/c1-5-8-12(2)19(4)17(20)15-11-14-9-6-7-10-16(14)18-13(15)3/h6-7,9-10,12-13,15,18H,5,8,11H2,1-4H3. The molecule has 0 saturated carbocycles. The summed E-state index contributed by atoms with van der Waals surface area (Å²) in [6, 6.07) is 8.79. The molecule has 1 amide bonds. The maximum atomic E-state index is 12.7. The molecule has 3 atom stereocenters.